The van der Waals surface area contributed by atoms with Crippen molar-refractivity contribution in [2.45, 2.75) is 17.7 Å². The minimum absolute atomic E-state index is 0. The summed E-state index contributed by atoms with van der Waals surface area (Å²) >= 11 is 0. The molecule has 1 heterocycles. The highest BCUT2D eigenvalue weighted by Crippen LogP contribution is 2.36. The van der Waals surface area contributed by atoms with Gasteiger partial charge in [-0.2, -0.15) is 0 Å². The fourth-order valence-electron chi connectivity index (χ4n) is 1.81. The largest absolute Gasteiger partial charge is 0.486 e. The van der Waals surface area contributed by atoms with Gasteiger partial charge in [0.1, 0.15) is 18.1 Å². The van der Waals surface area contributed by atoms with Crippen molar-refractivity contribution >= 4 is 22.4 Å². The maximum Gasteiger partial charge on any atom is 0.244 e. The second kappa shape index (κ2) is 7.68. The Hall–Kier alpha value is -1.02. The number of unbranched alkanes of at least 4 members (excludes halogenated alkanes) is 1. The summed E-state index contributed by atoms with van der Waals surface area (Å²) in [5.74, 6) is 0.760. The molecule has 0 aromatic heterocycles. The predicted octanol–water partition coefficient (Wildman–Crippen LogP) is 0.897. The Bertz CT molecular complexity index is 536. The van der Waals surface area contributed by atoms with E-state index in [1.807, 2.05) is 0 Å². The molecule has 0 spiro atoms. The molecule has 1 aromatic rings. The molecule has 0 fully saturated rings. The van der Waals surface area contributed by atoms with Crippen LogP contribution in [0.15, 0.2) is 23.1 Å². The van der Waals surface area contributed by atoms with Crippen LogP contribution in [0.5, 0.6) is 11.5 Å². The van der Waals surface area contributed by atoms with Gasteiger partial charge < -0.3 is 15.2 Å². The number of fused-ring (bicyclic) bond motifs is 1. The zero-order valence-corrected chi connectivity index (χ0v) is 12.6. The molecule has 0 unspecified atom stereocenters. The first-order valence-corrected chi connectivity index (χ1v) is 7.72. The van der Waals surface area contributed by atoms with Gasteiger partial charge in [-0.05, 0) is 31.5 Å². The monoisotopic (exact) mass is 322 g/mol. The van der Waals surface area contributed by atoms with E-state index in [-0.39, 0.29) is 17.3 Å². The quantitative estimate of drug-likeness (QED) is 0.759. The van der Waals surface area contributed by atoms with Gasteiger partial charge in [-0.15, -0.1) is 12.4 Å². The maximum atomic E-state index is 12.2. The highest BCUT2D eigenvalue weighted by atomic mass is 35.5. The maximum absolute atomic E-state index is 12.2. The van der Waals surface area contributed by atoms with E-state index < -0.39 is 10.0 Å². The lowest BCUT2D eigenvalue weighted by Crippen LogP contribution is -2.27. The summed E-state index contributed by atoms with van der Waals surface area (Å²) in [6.45, 7) is 1.70. The molecular formula is C12H19ClN2O4S. The lowest BCUT2D eigenvalue weighted by Gasteiger charge is -2.20. The van der Waals surface area contributed by atoms with Crippen molar-refractivity contribution in [2.75, 3.05) is 26.3 Å². The third-order valence-electron chi connectivity index (χ3n) is 2.74. The van der Waals surface area contributed by atoms with Crippen LogP contribution < -0.4 is 19.9 Å². The number of nitrogens with two attached hydrogens (primary N) is 1. The number of hydrogen-bond donors (Lipinski definition) is 2. The lowest BCUT2D eigenvalue weighted by atomic mass is 10.3. The standard InChI is InChI=1S/C12H18N2O4S.ClH/c13-6-1-2-7-14-19(15,16)11-5-3-4-10-12(11)18-9-8-17-10;/h3-5,14H,1-2,6-9,13H2;1H. The van der Waals surface area contributed by atoms with Crippen LogP contribution in [0.2, 0.25) is 0 Å². The molecule has 20 heavy (non-hydrogen) atoms. The summed E-state index contributed by atoms with van der Waals surface area (Å²) in [6.07, 6.45) is 1.50. The molecule has 0 radical (unpaired) electrons. The number of sulfonamides is 1. The van der Waals surface area contributed by atoms with Crippen LogP contribution in [0.4, 0.5) is 0 Å². The summed E-state index contributed by atoms with van der Waals surface area (Å²) in [5, 5.41) is 0. The molecule has 0 saturated carbocycles. The van der Waals surface area contributed by atoms with Crippen LogP contribution in [-0.4, -0.2) is 34.7 Å². The van der Waals surface area contributed by atoms with Gasteiger partial charge in [-0.3, -0.25) is 0 Å². The first-order valence-electron chi connectivity index (χ1n) is 6.23. The Morgan fingerprint density at radius 1 is 1.20 bits per heavy atom. The summed E-state index contributed by atoms with van der Waals surface area (Å²) in [4.78, 5) is 0.123. The minimum atomic E-state index is -3.58. The van der Waals surface area contributed by atoms with E-state index in [0.29, 0.717) is 44.2 Å². The van der Waals surface area contributed by atoms with Gasteiger partial charge >= 0.3 is 0 Å². The van der Waals surface area contributed by atoms with Gasteiger partial charge in [0, 0.05) is 6.54 Å². The van der Waals surface area contributed by atoms with Gasteiger partial charge in [-0.1, -0.05) is 6.07 Å². The Morgan fingerprint density at radius 3 is 2.70 bits per heavy atom. The molecule has 0 atom stereocenters. The molecule has 0 aliphatic carbocycles. The number of para-hydroxylation sites is 1. The van der Waals surface area contributed by atoms with Crippen LogP contribution in [0.25, 0.3) is 0 Å². The van der Waals surface area contributed by atoms with E-state index in [0.717, 1.165) is 6.42 Å². The van der Waals surface area contributed by atoms with Crippen LogP contribution in [0.3, 0.4) is 0 Å². The number of rotatable bonds is 6. The molecule has 8 heteroatoms. The SMILES string of the molecule is Cl.NCCCCNS(=O)(=O)c1cccc2c1OCCO2. The van der Waals surface area contributed by atoms with Crippen molar-refractivity contribution in [1.29, 1.82) is 0 Å². The highest BCUT2D eigenvalue weighted by Gasteiger charge is 2.24. The third kappa shape index (κ3) is 3.99. The van der Waals surface area contributed by atoms with Crippen molar-refractivity contribution in [3.63, 3.8) is 0 Å². The number of nitrogens with one attached hydrogen (secondary N) is 1. The zero-order chi connectivity index (χ0) is 13.7. The first kappa shape index (κ1) is 17.0. The zero-order valence-electron chi connectivity index (χ0n) is 11.0. The molecule has 1 aromatic carbocycles. The Labute approximate surface area is 125 Å². The number of ether oxygens (including phenoxy) is 2. The summed E-state index contributed by atoms with van der Waals surface area (Å²) in [7, 11) is -3.58. The van der Waals surface area contributed by atoms with Crippen molar-refractivity contribution < 1.29 is 17.9 Å². The topological polar surface area (TPSA) is 90.7 Å². The van der Waals surface area contributed by atoms with E-state index in [9.17, 15) is 8.42 Å². The Balaban J connectivity index is 0.00000200. The van der Waals surface area contributed by atoms with Crippen molar-refractivity contribution in [3.05, 3.63) is 18.2 Å². The lowest BCUT2D eigenvalue weighted by molar-refractivity contribution is 0.167. The first-order chi connectivity index (χ1) is 9.15. The number of halogens is 1. The van der Waals surface area contributed by atoms with E-state index in [4.69, 9.17) is 15.2 Å². The van der Waals surface area contributed by atoms with E-state index in [1.54, 1.807) is 12.1 Å². The van der Waals surface area contributed by atoms with Crippen LogP contribution >= 0.6 is 12.4 Å². The van der Waals surface area contributed by atoms with Crippen molar-refractivity contribution in [1.82, 2.24) is 4.72 Å². The summed E-state index contributed by atoms with van der Waals surface area (Å²) in [6, 6.07) is 4.85. The molecule has 1 aliphatic rings. The van der Waals surface area contributed by atoms with Crippen LogP contribution in [-0.2, 0) is 10.0 Å². The second-order valence-corrected chi connectivity index (χ2v) is 5.91. The number of benzene rings is 1. The molecule has 2 rings (SSSR count). The molecule has 6 nitrogen and oxygen atoms in total. The van der Waals surface area contributed by atoms with E-state index in [1.165, 1.54) is 6.07 Å². The van der Waals surface area contributed by atoms with Crippen LogP contribution in [0.1, 0.15) is 12.8 Å². The average Bonchev–Trinajstić information content (AvgIpc) is 2.43. The van der Waals surface area contributed by atoms with Gasteiger partial charge in [0.25, 0.3) is 0 Å². The summed E-state index contributed by atoms with van der Waals surface area (Å²) < 4.78 is 37.7. The molecule has 3 N–H and O–H groups in total. The average molecular weight is 323 g/mol. The smallest absolute Gasteiger partial charge is 0.244 e. The molecule has 0 bridgehead atoms. The predicted molar refractivity (Wildman–Crippen MR) is 78.2 cm³/mol. The molecule has 0 amide bonds. The fourth-order valence-corrected chi connectivity index (χ4v) is 3.04. The van der Waals surface area contributed by atoms with Gasteiger partial charge in [0.15, 0.2) is 11.5 Å². The molecule has 0 saturated heterocycles. The van der Waals surface area contributed by atoms with Crippen molar-refractivity contribution in [2.24, 2.45) is 5.73 Å². The normalized spacial score (nSPS) is 13.7. The highest BCUT2D eigenvalue weighted by molar-refractivity contribution is 7.89. The third-order valence-corrected chi connectivity index (χ3v) is 4.23. The molecular weight excluding hydrogens is 304 g/mol. The van der Waals surface area contributed by atoms with E-state index in [2.05, 4.69) is 4.72 Å². The second-order valence-electron chi connectivity index (χ2n) is 4.17. The van der Waals surface area contributed by atoms with Gasteiger partial charge in [-0.25, -0.2) is 13.1 Å². The Kier molecular flexibility index (Phi) is 6.54. The molecule has 114 valence electrons. The van der Waals surface area contributed by atoms with Gasteiger partial charge in [0.05, 0.1) is 0 Å². The minimum Gasteiger partial charge on any atom is -0.486 e. The van der Waals surface area contributed by atoms with Gasteiger partial charge in [0.2, 0.25) is 10.0 Å². The van der Waals surface area contributed by atoms with Crippen molar-refractivity contribution in [3.8, 4) is 11.5 Å². The number of hydrogen-bond acceptors (Lipinski definition) is 5. The van der Waals surface area contributed by atoms with Crippen LogP contribution in [0, 0.1) is 0 Å². The molecule has 1 aliphatic heterocycles. The fraction of sp³-hybridized carbons (Fsp3) is 0.500. The summed E-state index contributed by atoms with van der Waals surface area (Å²) in [5.41, 5.74) is 5.37. The van der Waals surface area contributed by atoms with E-state index >= 15 is 0 Å². The Morgan fingerprint density at radius 2 is 1.95 bits per heavy atom.